The summed E-state index contributed by atoms with van der Waals surface area (Å²) in [6.45, 7) is 5.67. The van der Waals surface area contributed by atoms with Crippen LogP contribution < -0.4 is 9.47 Å². The van der Waals surface area contributed by atoms with Crippen molar-refractivity contribution in [2.75, 3.05) is 12.9 Å². The fourth-order valence-corrected chi connectivity index (χ4v) is 3.13. The van der Waals surface area contributed by atoms with Crippen LogP contribution in [0.1, 0.15) is 20.8 Å². The summed E-state index contributed by atoms with van der Waals surface area (Å²) in [7, 11) is 1.55. The summed E-state index contributed by atoms with van der Waals surface area (Å²) in [6.07, 6.45) is 3.66. The van der Waals surface area contributed by atoms with Gasteiger partial charge in [-0.25, -0.2) is 9.97 Å². The Hall–Kier alpha value is -2.54. The summed E-state index contributed by atoms with van der Waals surface area (Å²) in [5.41, 5.74) is 2.49. The first kappa shape index (κ1) is 18.3. The fraction of sp³-hybridized carbons (Fsp3) is 0.316. The number of imidazole rings is 1. The molecule has 0 saturated carbocycles. The highest BCUT2D eigenvalue weighted by atomic mass is 32.2. The van der Waals surface area contributed by atoms with Gasteiger partial charge in [-0.2, -0.15) is 0 Å². The van der Waals surface area contributed by atoms with Crippen LogP contribution in [0.5, 0.6) is 11.5 Å². The van der Waals surface area contributed by atoms with Crippen molar-refractivity contribution in [3.63, 3.8) is 0 Å². The standard InChI is InChI=1S/C19H21N3O3S/c1-5-26-19-21-14(11-17-20-8-9-22(17)19)13-6-7-15(16(10-13)24-4)25-18(23)12(2)3/h6-12H,5H2,1-4H3. The molecular formula is C19H21N3O3S. The van der Waals surface area contributed by atoms with Crippen molar-refractivity contribution in [2.45, 2.75) is 25.9 Å². The highest BCUT2D eigenvalue weighted by Crippen LogP contribution is 2.33. The molecule has 2 heterocycles. The predicted octanol–water partition coefficient (Wildman–Crippen LogP) is 4.08. The quantitative estimate of drug-likeness (QED) is 0.282. The van der Waals surface area contributed by atoms with E-state index in [2.05, 4.69) is 11.9 Å². The summed E-state index contributed by atoms with van der Waals surface area (Å²) >= 11 is 1.65. The molecule has 0 radical (unpaired) electrons. The van der Waals surface area contributed by atoms with Gasteiger partial charge in [0, 0.05) is 24.0 Å². The minimum atomic E-state index is -0.297. The number of thioether (sulfide) groups is 1. The van der Waals surface area contributed by atoms with Crippen LogP contribution in [0.3, 0.4) is 0 Å². The number of nitrogens with zero attached hydrogens (tertiary/aromatic N) is 3. The van der Waals surface area contributed by atoms with Crippen LogP contribution in [0.2, 0.25) is 0 Å². The summed E-state index contributed by atoms with van der Waals surface area (Å²) in [6, 6.07) is 7.35. The van der Waals surface area contributed by atoms with Gasteiger partial charge in [-0.3, -0.25) is 9.20 Å². The monoisotopic (exact) mass is 371 g/mol. The number of methoxy groups -OCH3 is 1. The van der Waals surface area contributed by atoms with Crippen LogP contribution in [0.25, 0.3) is 16.9 Å². The second kappa shape index (κ2) is 7.78. The van der Waals surface area contributed by atoms with Gasteiger partial charge in [0.15, 0.2) is 16.7 Å². The van der Waals surface area contributed by atoms with E-state index in [1.165, 1.54) is 0 Å². The number of hydrogen-bond donors (Lipinski definition) is 0. The summed E-state index contributed by atoms with van der Waals surface area (Å²) in [5.74, 6) is 1.30. The van der Waals surface area contributed by atoms with Gasteiger partial charge in [0.05, 0.1) is 18.7 Å². The molecule has 0 amide bonds. The van der Waals surface area contributed by atoms with Gasteiger partial charge in [-0.1, -0.05) is 32.5 Å². The Balaban J connectivity index is 2.01. The van der Waals surface area contributed by atoms with Gasteiger partial charge in [0.1, 0.15) is 5.65 Å². The Kier molecular flexibility index (Phi) is 5.46. The molecule has 3 rings (SSSR count). The first-order chi connectivity index (χ1) is 12.5. The average Bonchev–Trinajstić information content (AvgIpc) is 3.11. The van der Waals surface area contributed by atoms with Crippen LogP contribution in [-0.4, -0.2) is 33.2 Å². The number of esters is 1. The Morgan fingerprint density at radius 2 is 2.08 bits per heavy atom. The lowest BCUT2D eigenvalue weighted by Gasteiger charge is -2.13. The number of carbonyl (C=O) groups excluding carboxylic acids is 1. The molecule has 0 aliphatic heterocycles. The Bertz CT molecular complexity index is 937. The van der Waals surface area contributed by atoms with Crippen molar-refractivity contribution in [3.8, 4) is 22.8 Å². The van der Waals surface area contributed by atoms with Crippen LogP contribution >= 0.6 is 11.8 Å². The molecule has 0 aliphatic rings. The van der Waals surface area contributed by atoms with Gasteiger partial charge in [0.25, 0.3) is 0 Å². The van der Waals surface area contributed by atoms with Crippen molar-refractivity contribution < 1.29 is 14.3 Å². The van der Waals surface area contributed by atoms with Crippen molar-refractivity contribution in [1.29, 1.82) is 0 Å². The van der Waals surface area contributed by atoms with Crippen LogP contribution in [0.15, 0.2) is 41.8 Å². The zero-order chi connectivity index (χ0) is 18.7. The Morgan fingerprint density at radius 3 is 2.77 bits per heavy atom. The van der Waals surface area contributed by atoms with E-state index in [4.69, 9.17) is 14.5 Å². The van der Waals surface area contributed by atoms with E-state index in [0.717, 1.165) is 27.8 Å². The minimum Gasteiger partial charge on any atom is -0.493 e. The number of rotatable bonds is 6. The largest absolute Gasteiger partial charge is 0.493 e. The first-order valence-corrected chi connectivity index (χ1v) is 9.39. The van der Waals surface area contributed by atoms with Crippen molar-refractivity contribution >= 4 is 23.4 Å². The summed E-state index contributed by atoms with van der Waals surface area (Å²) < 4.78 is 12.8. The lowest BCUT2D eigenvalue weighted by Crippen LogP contribution is -2.15. The number of aromatic nitrogens is 3. The van der Waals surface area contributed by atoms with Gasteiger partial charge >= 0.3 is 5.97 Å². The third kappa shape index (κ3) is 3.67. The molecule has 7 heteroatoms. The van der Waals surface area contributed by atoms with Crippen LogP contribution in [-0.2, 0) is 4.79 Å². The molecule has 3 aromatic rings. The third-order valence-electron chi connectivity index (χ3n) is 3.77. The van der Waals surface area contributed by atoms with Gasteiger partial charge < -0.3 is 9.47 Å². The lowest BCUT2D eigenvalue weighted by molar-refractivity contribution is -0.137. The topological polar surface area (TPSA) is 65.7 Å². The number of carbonyl (C=O) groups is 1. The normalized spacial score (nSPS) is 11.1. The average molecular weight is 371 g/mol. The van der Waals surface area contributed by atoms with E-state index in [-0.39, 0.29) is 11.9 Å². The molecular weight excluding hydrogens is 350 g/mol. The van der Waals surface area contributed by atoms with E-state index < -0.39 is 0 Å². The zero-order valence-corrected chi connectivity index (χ0v) is 16.0. The van der Waals surface area contributed by atoms with Crippen LogP contribution in [0, 0.1) is 5.92 Å². The predicted molar refractivity (Wildman–Crippen MR) is 102 cm³/mol. The van der Waals surface area contributed by atoms with Gasteiger partial charge in [0.2, 0.25) is 0 Å². The molecule has 2 aromatic heterocycles. The number of hydrogen-bond acceptors (Lipinski definition) is 6. The molecule has 26 heavy (non-hydrogen) atoms. The molecule has 0 spiro atoms. The first-order valence-electron chi connectivity index (χ1n) is 8.40. The molecule has 136 valence electrons. The molecule has 1 aromatic carbocycles. The van der Waals surface area contributed by atoms with Crippen molar-refractivity contribution in [3.05, 3.63) is 36.7 Å². The molecule has 0 aliphatic carbocycles. The second-order valence-corrected chi connectivity index (χ2v) is 7.19. The Morgan fingerprint density at radius 1 is 1.27 bits per heavy atom. The highest BCUT2D eigenvalue weighted by molar-refractivity contribution is 7.99. The van der Waals surface area contributed by atoms with Gasteiger partial charge in [-0.05, 0) is 24.0 Å². The van der Waals surface area contributed by atoms with E-state index >= 15 is 0 Å². The number of ether oxygens (including phenoxy) is 2. The van der Waals surface area contributed by atoms with Crippen LogP contribution in [0.4, 0.5) is 0 Å². The lowest BCUT2D eigenvalue weighted by atomic mass is 10.1. The number of benzene rings is 1. The molecule has 6 nitrogen and oxygen atoms in total. The maximum Gasteiger partial charge on any atom is 0.313 e. The molecule has 0 bridgehead atoms. The van der Waals surface area contributed by atoms with E-state index in [0.29, 0.717) is 11.5 Å². The third-order valence-corrected chi connectivity index (χ3v) is 4.61. The molecule has 0 saturated heterocycles. The van der Waals surface area contributed by atoms with Gasteiger partial charge in [-0.15, -0.1) is 0 Å². The van der Waals surface area contributed by atoms with E-state index in [1.807, 2.05) is 28.8 Å². The molecule has 0 fully saturated rings. The SMILES string of the molecule is CCSc1nc(-c2ccc(OC(=O)C(C)C)c(OC)c2)cc2nccn12. The Labute approximate surface area is 156 Å². The zero-order valence-electron chi connectivity index (χ0n) is 15.2. The highest BCUT2D eigenvalue weighted by Gasteiger charge is 2.15. The fourth-order valence-electron chi connectivity index (χ4n) is 2.41. The van der Waals surface area contributed by atoms with Crippen molar-refractivity contribution in [1.82, 2.24) is 14.4 Å². The smallest absolute Gasteiger partial charge is 0.313 e. The molecule has 0 N–H and O–H groups in total. The summed E-state index contributed by atoms with van der Waals surface area (Å²) in [5, 5.41) is 0.881. The maximum atomic E-state index is 11.9. The number of fused-ring (bicyclic) bond motifs is 1. The molecule has 0 atom stereocenters. The second-order valence-electron chi connectivity index (χ2n) is 5.95. The maximum absolute atomic E-state index is 11.9. The van der Waals surface area contributed by atoms with E-state index in [9.17, 15) is 4.79 Å². The summed E-state index contributed by atoms with van der Waals surface area (Å²) in [4.78, 5) is 21.0. The van der Waals surface area contributed by atoms with E-state index in [1.54, 1.807) is 45.0 Å². The minimum absolute atomic E-state index is 0.211. The molecule has 0 unspecified atom stereocenters. The van der Waals surface area contributed by atoms with Crippen molar-refractivity contribution in [2.24, 2.45) is 5.92 Å².